The Bertz CT molecular complexity index is 128. The summed E-state index contributed by atoms with van der Waals surface area (Å²) in [4.78, 5) is 12.4. The van der Waals surface area contributed by atoms with Crippen molar-refractivity contribution in [3.63, 3.8) is 0 Å². The van der Waals surface area contributed by atoms with Gasteiger partial charge < -0.3 is 9.53 Å². The Kier molecular flexibility index (Phi) is 3.02. The molecule has 64 valence electrons. The van der Waals surface area contributed by atoms with Crippen molar-refractivity contribution >= 4 is 6.29 Å². The van der Waals surface area contributed by atoms with Gasteiger partial charge in [-0.3, -0.25) is 4.90 Å². The Balaban J connectivity index is 2.47. The zero-order valence-electron chi connectivity index (χ0n) is 7.12. The molecule has 1 aliphatic rings. The van der Waals surface area contributed by atoms with Gasteiger partial charge in [-0.15, -0.1) is 0 Å². The standard InChI is InChI=1S/C8H15NO2/c1-7-5-11-6-8(2)9(7)3-4-10/h4,7-8H,3,5-6H2,1-2H3/t7-,8-/m1/s1. The van der Waals surface area contributed by atoms with Crippen LogP contribution in [0.1, 0.15) is 13.8 Å². The van der Waals surface area contributed by atoms with E-state index in [0.717, 1.165) is 19.5 Å². The molecule has 0 unspecified atom stereocenters. The van der Waals surface area contributed by atoms with E-state index < -0.39 is 0 Å². The number of morpholine rings is 1. The van der Waals surface area contributed by atoms with Crippen LogP contribution in [0, 0.1) is 0 Å². The fourth-order valence-corrected chi connectivity index (χ4v) is 1.48. The summed E-state index contributed by atoms with van der Waals surface area (Å²) in [5.41, 5.74) is 0. The summed E-state index contributed by atoms with van der Waals surface area (Å²) in [7, 11) is 0. The van der Waals surface area contributed by atoms with Crippen LogP contribution in [0.5, 0.6) is 0 Å². The zero-order chi connectivity index (χ0) is 8.27. The van der Waals surface area contributed by atoms with Gasteiger partial charge in [-0.2, -0.15) is 0 Å². The first-order valence-corrected chi connectivity index (χ1v) is 4.03. The molecule has 0 aromatic rings. The molecule has 1 fully saturated rings. The maximum Gasteiger partial charge on any atom is 0.134 e. The summed E-state index contributed by atoms with van der Waals surface area (Å²) < 4.78 is 5.31. The van der Waals surface area contributed by atoms with Crippen molar-refractivity contribution in [2.24, 2.45) is 0 Å². The van der Waals surface area contributed by atoms with Crippen molar-refractivity contribution in [1.29, 1.82) is 0 Å². The van der Waals surface area contributed by atoms with Gasteiger partial charge in [0.1, 0.15) is 6.29 Å². The van der Waals surface area contributed by atoms with Crippen molar-refractivity contribution in [2.45, 2.75) is 25.9 Å². The highest BCUT2D eigenvalue weighted by Crippen LogP contribution is 2.10. The number of nitrogens with zero attached hydrogens (tertiary/aromatic N) is 1. The zero-order valence-corrected chi connectivity index (χ0v) is 7.12. The first-order valence-electron chi connectivity index (χ1n) is 4.03. The second-order valence-corrected chi connectivity index (χ2v) is 3.10. The quantitative estimate of drug-likeness (QED) is 0.540. The van der Waals surface area contributed by atoms with Crippen LogP contribution in [-0.2, 0) is 9.53 Å². The van der Waals surface area contributed by atoms with Crippen LogP contribution in [0.3, 0.4) is 0 Å². The second kappa shape index (κ2) is 3.83. The van der Waals surface area contributed by atoms with Crippen molar-refractivity contribution in [1.82, 2.24) is 4.90 Å². The SMILES string of the molecule is C[C@@H]1COC[C@@H](C)N1CC=O. The van der Waals surface area contributed by atoms with Gasteiger partial charge in [0.25, 0.3) is 0 Å². The van der Waals surface area contributed by atoms with Gasteiger partial charge >= 0.3 is 0 Å². The van der Waals surface area contributed by atoms with Crippen LogP contribution < -0.4 is 0 Å². The molecule has 1 heterocycles. The molecule has 2 atom stereocenters. The lowest BCUT2D eigenvalue weighted by Gasteiger charge is -2.37. The third kappa shape index (κ3) is 2.01. The first kappa shape index (κ1) is 8.68. The predicted octanol–water partition coefficient (Wildman–Crippen LogP) is 0.294. The molecule has 0 saturated carbocycles. The van der Waals surface area contributed by atoms with Crippen molar-refractivity contribution in [2.75, 3.05) is 19.8 Å². The molecule has 0 aromatic heterocycles. The summed E-state index contributed by atoms with van der Waals surface area (Å²) in [6, 6.07) is 0.757. The van der Waals surface area contributed by atoms with Crippen LogP contribution >= 0.6 is 0 Å². The Morgan fingerprint density at radius 1 is 1.45 bits per heavy atom. The molecule has 0 N–H and O–H groups in total. The molecule has 11 heavy (non-hydrogen) atoms. The molecule has 3 heteroatoms. The molecule has 0 radical (unpaired) electrons. The van der Waals surface area contributed by atoms with Crippen LogP contribution in [0.15, 0.2) is 0 Å². The van der Waals surface area contributed by atoms with E-state index in [1.54, 1.807) is 0 Å². The molecular formula is C8H15NO2. The monoisotopic (exact) mass is 157 g/mol. The van der Waals surface area contributed by atoms with E-state index in [2.05, 4.69) is 18.7 Å². The Hall–Kier alpha value is -0.410. The highest BCUT2D eigenvalue weighted by molar-refractivity contribution is 5.52. The summed E-state index contributed by atoms with van der Waals surface area (Å²) in [5, 5.41) is 0. The molecule has 1 aliphatic heterocycles. The molecule has 1 rings (SSSR count). The molecule has 1 saturated heterocycles. The van der Waals surface area contributed by atoms with E-state index in [-0.39, 0.29) is 0 Å². The number of ether oxygens (including phenoxy) is 1. The molecule has 0 bridgehead atoms. The van der Waals surface area contributed by atoms with E-state index >= 15 is 0 Å². The minimum atomic E-state index is 0.379. The van der Waals surface area contributed by atoms with Gasteiger partial charge in [-0.1, -0.05) is 0 Å². The van der Waals surface area contributed by atoms with E-state index in [1.165, 1.54) is 0 Å². The molecular weight excluding hydrogens is 142 g/mol. The van der Waals surface area contributed by atoms with Gasteiger partial charge in [0, 0.05) is 12.1 Å². The molecule has 0 amide bonds. The molecule has 3 nitrogen and oxygen atoms in total. The smallest absolute Gasteiger partial charge is 0.134 e. The lowest BCUT2D eigenvalue weighted by Crippen LogP contribution is -2.50. The van der Waals surface area contributed by atoms with E-state index in [9.17, 15) is 4.79 Å². The molecule has 0 aromatic carbocycles. The predicted molar refractivity (Wildman–Crippen MR) is 42.5 cm³/mol. The van der Waals surface area contributed by atoms with Crippen molar-refractivity contribution in [3.8, 4) is 0 Å². The number of rotatable bonds is 2. The normalized spacial score (nSPS) is 33.6. The Morgan fingerprint density at radius 3 is 2.45 bits per heavy atom. The molecule has 0 spiro atoms. The lowest BCUT2D eigenvalue weighted by atomic mass is 10.2. The summed E-state index contributed by atoms with van der Waals surface area (Å²) >= 11 is 0. The maximum atomic E-state index is 10.3. The highest BCUT2D eigenvalue weighted by Gasteiger charge is 2.24. The number of aldehydes is 1. The number of hydrogen-bond donors (Lipinski definition) is 0. The van der Waals surface area contributed by atoms with E-state index in [1.807, 2.05) is 0 Å². The van der Waals surface area contributed by atoms with Crippen LogP contribution in [-0.4, -0.2) is 43.0 Å². The Labute approximate surface area is 67.3 Å². The maximum absolute atomic E-state index is 10.3. The fraction of sp³-hybridized carbons (Fsp3) is 0.875. The third-order valence-electron chi connectivity index (χ3n) is 2.14. The largest absolute Gasteiger partial charge is 0.378 e. The topological polar surface area (TPSA) is 29.5 Å². The third-order valence-corrected chi connectivity index (χ3v) is 2.14. The minimum Gasteiger partial charge on any atom is -0.378 e. The summed E-state index contributed by atoms with van der Waals surface area (Å²) in [6.07, 6.45) is 0.957. The number of carbonyl (C=O) groups excluding carboxylic acids is 1. The average Bonchev–Trinajstić information content (AvgIpc) is 1.97. The fourth-order valence-electron chi connectivity index (χ4n) is 1.48. The number of carbonyl (C=O) groups is 1. The highest BCUT2D eigenvalue weighted by atomic mass is 16.5. The second-order valence-electron chi connectivity index (χ2n) is 3.10. The van der Waals surface area contributed by atoms with Crippen molar-refractivity contribution in [3.05, 3.63) is 0 Å². The average molecular weight is 157 g/mol. The first-order chi connectivity index (χ1) is 5.25. The van der Waals surface area contributed by atoms with E-state index in [4.69, 9.17) is 4.74 Å². The molecule has 0 aliphatic carbocycles. The van der Waals surface area contributed by atoms with Gasteiger partial charge in [-0.25, -0.2) is 0 Å². The summed E-state index contributed by atoms with van der Waals surface area (Å²) in [6.45, 7) is 6.19. The number of hydrogen-bond acceptors (Lipinski definition) is 3. The van der Waals surface area contributed by atoms with Gasteiger partial charge in [-0.05, 0) is 13.8 Å². The van der Waals surface area contributed by atoms with Gasteiger partial charge in [0.15, 0.2) is 0 Å². The van der Waals surface area contributed by atoms with Gasteiger partial charge in [0.2, 0.25) is 0 Å². The van der Waals surface area contributed by atoms with Crippen molar-refractivity contribution < 1.29 is 9.53 Å². The van der Waals surface area contributed by atoms with E-state index in [0.29, 0.717) is 18.6 Å². The summed E-state index contributed by atoms with van der Waals surface area (Å²) in [5.74, 6) is 0. The Morgan fingerprint density at radius 2 is 2.00 bits per heavy atom. The lowest BCUT2D eigenvalue weighted by molar-refractivity contribution is -0.112. The van der Waals surface area contributed by atoms with Gasteiger partial charge in [0.05, 0.1) is 19.8 Å². The van der Waals surface area contributed by atoms with Crippen LogP contribution in [0.4, 0.5) is 0 Å². The minimum absolute atomic E-state index is 0.379. The van der Waals surface area contributed by atoms with Crippen LogP contribution in [0.2, 0.25) is 0 Å². The van der Waals surface area contributed by atoms with Crippen LogP contribution in [0.25, 0.3) is 0 Å².